The third-order valence-corrected chi connectivity index (χ3v) is 6.83. The van der Waals surface area contributed by atoms with Gasteiger partial charge in [-0.25, -0.2) is 13.1 Å². The van der Waals surface area contributed by atoms with Crippen molar-refractivity contribution in [1.82, 2.24) is 4.72 Å². The topological polar surface area (TPSA) is 75.3 Å². The van der Waals surface area contributed by atoms with Crippen molar-refractivity contribution >= 4 is 21.6 Å². The molecule has 34 heavy (non-hydrogen) atoms. The van der Waals surface area contributed by atoms with Crippen molar-refractivity contribution in [2.75, 3.05) is 5.32 Å². The molecule has 0 fully saturated rings. The lowest BCUT2D eigenvalue weighted by Gasteiger charge is -2.10. The summed E-state index contributed by atoms with van der Waals surface area (Å²) in [6, 6.07) is 29.2. The summed E-state index contributed by atoms with van der Waals surface area (Å²) in [6.07, 6.45) is 0. The number of carbonyl (C=O) groups excluding carboxylic acids is 1. The van der Waals surface area contributed by atoms with Gasteiger partial charge in [-0.05, 0) is 78.1 Å². The number of hydrogen-bond acceptors (Lipinski definition) is 3. The number of hydrogen-bond donors (Lipinski definition) is 2. The van der Waals surface area contributed by atoms with Crippen LogP contribution in [0.25, 0.3) is 11.1 Å². The molecule has 172 valence electrons. The molecular weight excluding hydrogens is 444 g/mol. The number of aryl methyl sites for hydroxylation is 2. The van der Waals surface area contributed by atoms with Crippen LogP contribution in [0.2, 0.25) is 0 Å². The lowest BCUT2D eigenvalue weighted by atomic mass is 10.0. The minimum absolute atomic E-state index is 0.191. The molecule has 0 aliphatic heterocycles. The largest absolute Gasteiger partial charge is 0.322 e. The summed E-state index contributed by atoms with van der Waals surface area (Å²) in [7, 11) is -3.63. The minimum Gasteiger partial charge on any atom is -0.322 e. The molecule has 1 amide bonds. The SMILES string of the molecule is Cc1cc(C)cc(NC(=O)c2cccc(-c3ccc(S(=O)(=O)NCc4ccccc4)cc3)c2)c1. The van der Waals surface area contributed by atoms with Crippen LogP contribution < -0.4 is 10.0 Å². The van der Waals surface area contributed by atoms with Gasteiger partial charge in [-0.2, -0.15) is 0 Å². The molecule has 0 bridgehead atoms. The van der Waals surface area contributed by atoms with Gasteiger partial charge in [0.1, 0.15) is 0 Å². The molecule has 0 radical (unpaired) electrons. The first-order chi connectivity index (χ1) is 16.3. The van der Waals surface area contributed by atoms with Crippen molar-refractivity contribution in [3.05, 3.63) is 119 Å². The summed E-state index contributed by atoms with van der Waals surface area (Å²) in [6.45, 7) is 4.21. The van der Waals surface area contributed by atoms with Crippen molar-refractivity contribution in [3.63, 3.8) is 0 Å². The van der Waals surface area contributed by atoms with Gasteiger partial charge in [-0.15, -0.1) is 0 Å². The van der Waals surface area contributed by atoms with Gasteiger partial charge in [-0.3, -0.25) is 4.79 Å². The van der Waals surface area contributed by atoms with Crippen LogP contribution in [-0.2, 0) is 16.6 Å². The van der Waals surface area contributed by atoms with Gasteiger partial charge in [0.15, 0.2) is 0 Å². The van der Waals surface area contributed by atoms with E-state index in [9.17, 15) is 13.2 Å². The average molecular weight is 471 g/mol. The summed E-state index contributed by atoms with van der Waals surface area (Å²) in [5, 5.41) is 2.95. The van der Waals surface area contributed by atoms with Gasteiger partial charge < -0.3 is 5.32 Å². The number of anilines is 1. The van der Waals surface area contributed by atoms with E-state index >= 15 is 0 Å². The highest BCUT2D eigenvalue weighted by molar-refractivity contribution is 7.89. The third kappa shape index (κ3) is 5.78. The number of sulfonamides is 1. The van der Waals surface area contributed by atoms with Crippen molar-refractivity contribution in [2.45, 2.75) is 25.3 Å². The second-order valence-corrected chi connectivity index (χ2v) is 10.0. The first-order valence-electron chi connectivity index (χ1n) is 10.9. The Morgan fingerprint density at radius 3 is 2.09 bits per heavy atom. The second kappa shape index (κ2) is 10.0. The Hall–Kier alpha value is -3.74. The predicted molar refractivity (Wildman–Crippen MR) is 136 cm³/mol. The van der Waals surface area contributed by atoms with Gasteiger partial charge in [0.25, 0.3) is 5.91 Å². The predicted octanol–water partition coefficient (Wildman–Crippen LogP) is 5.70. The number of nitrogens with one attached hydrogen (secondary N) is 2. The van der Waals surface area contributed by atoms with Crippen LogP contribution in [0.1, 0.15) is 27.0 Å². The van der Waals surface area contributed by atoms with E-state index in [0.717, 1.165) is 33.5 Å². The summed E-state index contributed by atoms with van der Waals surface area (Å²) in [5.74, 6) is -0.198. The molecule has 0 saturated carbocycles. The second-order valence-electron chi connectivity index (χ2n) is 8.25. The van der Waals surface area contributed by atoms with E-state index in [0.29, 0.717) is 5.56 Å². The Morgan fingerprint density at radius 2 is 1.41 bits per heavy atom. The first kappa shape index (κ1) is 23.4. The van der Waals surface area contributed by atoms with E-state index in [1.54, 1.807) is 36.4 Å². The fourth-order valence-corrected chi connectivity index (χ4v) is 4.79. The van der Waals surface area contributed by atoms with E-state index < -0.39 is 10.0 Å². The maximum atomic E-state index is 12.8. The normalized spacial score (nSPS) is 11.2. The number of amides is 1. The molecule has 0 aliphatic carbocycles. The minimum atomic E-state index is -3.63. The van der Waals surface area contributed by atoms with Gasteiger partial charge in [-0.1, -0.05) is 60.7 Å². The molecule has 0 aromatic heterocycles. The molecule has 0 heterocycles. The van der Waals surface area contributed by atoms with Gasteiger partial charge >= 0.3 is 0 Å². The van der Waals surface area contributed by atoms with E-state index in [-0.39, 0.29) is 17.3 Å². The molecule has 4 rings (SSSR count). The zero-order valence-corrected chi connectivity index (χ0v) is 19.9. The van der Waals surface area contributed by atoms with Gasteiger partial charge in [0.2, 0.25) is 10.0 Å². The maximum absolute atomic E-state index is 12.8. The quantitative estimate of drug-likeness (QED) is 0.364. The zero-order valence-electron chi connectivity index (χ0n) is 19.1. The molecule has 0 saturated heterocycles. The lowest BCUT2D eigenvalue weighted by molar-refractivity contribution is 0.102. The molecule has 0 spiro atoms. The van der Waals surface area contributed by atoms with Crippen LogP contribution in [0.15, 0.2) is 102 Å². The first-order valence-corrected chi connectivity index (χ1v) is 12.4. The molecule has 6 heteroatoms. The Bertz CT molecular complexity index is 1390. The van der Waals surface area contributed by atoms with Crippen LogP contribution >= 0.6 is 0 Å². The molecule has 5 nitrogen and oxygen atoms in total. The molecule has 0 unspecified atom stereocenters. The van der Waals surface area contributed by atoms with Gasteiger partial charge in [0.05, 0.1) is 4.90 Å². The lowest BCUT2D eigenvalue weighted by Crippen LogP contribution is -2.23. The summed E-state index contributed by atoms with van der Waals surface area (Å²) < 4.78 is 27.9. The van der Waals surface area contributed by atoms with E-state index in [1.807, 2.05) is 68.4 Å². The fraction of sp³-hybridized carbons (Fsp3) is 0.107. The molecule has 0 aliphatic rings. The zero-order chi connectivity index (χ0) is 24.1. The van der Waals surface area contributed by atoms with Crippen molar-refractivity contribution in [3.8, 4) is 11.1 Å². The van der Waals surface area contributed by atoms with Crippen LogP contribution in [0.3, 0.4) is 0 Å². The number of benzene rings is 4. The molecular formula is C28H26N2O3S. The number of carbonyl (C=O) groups is 1. The highest BCUT2D eigenvalue weighted by Crippen LogP contribution is 2.23. The summed E-state index contributed by atoms with van der Waals surface area (Å²) >= 11 is 0. The van der Waals surface area contributed by atoms with Crippen molar-refractivity contribution < 1.29 is 13.2 Å². The Kier molecular flexibility index (Phi) is 6.91. The molecule has 4 aromatic carbocycles. The molecule has 4 aromatic rings. The molecule has 2 N–H and O–H groups in total. The van der Waals surface area contributed by atoms with Crippen LogP contribution in [0.4, 0.5) is 5.69 Å². The van der Waals surface area contributed by atoms with Crippen molar-refractivity contribution in [2.24, 2.45) is 0 Å². The smallest absolute Gasteiger partial charge is 0.255 e. The van der Waals surface area contributed by atoms with Crippen LogP contribution in [0.5, 0.6) is 0 Å². The van der Waals surface area contributed by atoms with E-state index in [4.69, 9.17) is 0 Å². The van der Waals surface area contributed by atoms with Crippen LogP contribution in [0, 0.1) is 13.8 Å². The van der Waals surface area contributed by atoms with Gasteiger partial charge in [0, 0.05) is 17.8 Å². The van der Waals surface area contributed by atoms with Crippen molar-refractivity contribution in [1.29, 1.82) is 0 Å². The summed E-state index contributed by atoms with van der Waals surface area (Å²) in [5.41, 5.74) is 5.98. The highest BCUT2D eigenvalue weighted by Gasteiger charge is 2.14. The monoisotopic (exact) mass is 470 g/mol. The average Bonchev–Trinajstić information content (AvgIpc) is 2.83. The standard InChI is InChI=1S/C28H26N2O3S/c1-20-15-21(2)17-26(16-20)30-28(31)25-10-6-9-24(18-25)23-11-13-27(14-12-23)34(32,33)29-19-22-7-4-3-5-8-22/h3-18,29H,19H2,1-2H3,(H,30,31). The Balaban J connectivity index is 1.48. The van der Waals surface area contributed by atoms with Crippen LogP contribution in [-0.4, -0.2) is 14.3 Å². The maximum Gasteiger partial charge on any atom is 0.255 e. The highest BCUT2D eigenvalue weighted by atomic mass is 32.2. The van der Waals surface area contributed by atoms with E-state index in [1.165, 1.54) is 0 Å². The fourth-order valence-electron chi connectivity index (χ4n) is 3.77. The molecule has 0 atom stereocenters. The summed E-state index contributed by atoms with van der Waals surface area (Å²) in [4.78, 5) is 13.0. The number of rotatable bonds is 7. The Morgan fingerprint density at radius 1 is 0.735 bits per heavy atom. The Labute approximate surface area is 200 Å². The van der Waals surface area contributed by atoms with E-state index in [2.05, 4.69) is 16.1 Å². The third-order valence-electron chi connectivity index (χ3n) is 5.41.